The van der Waals surface area contributed by atoms with Gasteiger partial charge in [0.25, 0.3) is 0 Å². The van der Waals surface area contributed by atoms with Crippen molar-refractivity contribution in [1.29, 1.82) is 0 Å². The smallest absolute Gasteiger partial charge is 0.408 e. The maximum atomic E-state index is 13.3. The molecule has 0 aliphatic rings. The topological polar surface area (TPSA) is 95.8 Å². The van der Waals surface area contributed by atoms with Crippen LogP contribution in [-0.2, 0) is 6.18 Å². The molecule has 0 saturated heterocycles. The Labute approximate surface area is 178 Å². The maximum Gasteiger partial charge on any atom is 0.417 e. The second-order valence-corrected chi connectivity index (χ2v) is 7.46. The Morgan fingerprint density at radius 2 is 1.84 bits per heavy atom. The van der Waals surface area contributed by atoms with E-state index in [-0.39, 0.29) is 16.5 Å². The van der Waals surface area contributed by atoms with Crippen LogP contribution in [0.4, 0.5) is 36.3 Å². The van der Waals surface area contributed by atoms with Crippen molar-refractivity contribution < 1.29 is 17.6 Å². The van der Waals surface area contributed by atoms with Crippen LogP contribution in [0.15, 0.2) is 56.7 Å². The molecule has 0 saturated carbocycles. The normalized spacial score (nSPS) is 11.6. The van der Waals surface area contributed by atoms with Gasteiger partial charge in [-0.25, -0.2) is 9.78 Å². The predicted octanol–water partition coefficient (Wildman–Crippen LogP) is 5.45. The second-order valence-electron chi connectivity index (χ2n) is 6.61. The molecular weight excluding hydrogens is 431 g/mol. The Hall–Kier alpha value is -3.47. The molecule has 160 valence electrons. The number of benzene rings is 2. The number of hydrogen-bond donors (Lipinski definition) is 3. The summed E-state index contributed by atoms with van der Waals surface area (Å²) in [4.78, 5) is 22.5. The summed E-state index contributed by atoms with van der Waals surface area (Å²) in [5.41, 5.74) is 1.80. The summed E-state index contributed by atoms with van der Waals surface area (Å²) >= 11 is 1.03. The molecule has 4 rings (SSSR count). The van der Waals surface area contributed by atoms with Crippen LogP contribution < -0.4 is 16.4 Å². The lowest BCUT2D eigenvalue weighted by Gasteiger charge is -2.14. The highest BCUT2D eigenvalue weighted by molar-refractivity contribution is 7.98. The van der Waals surface area contributed by atoms with Gasteiger partial charge in [0, 0.05) is 28.0 Å². The fraction of sp³-hybridized carbons (Fsp3) is 0.150. The first-order valence-electron chi connectivity index (χ1n) is 8.99. The Balaban J connectivity index is 1.61. The summed E-state index contributed by atoms with van der Waals surface area (Å²) in [6.07, 6.45) is -1.32. The van der Waals surface area contributed by atoms with E-state index < -0.39 is 17.5 Å². The predicted molar refractivity (Wildman–Crippen MR) is 113 cm³/mol. The molecule has 4 aromatic rings. The largest absolute Gasteiger partial charge is 0.417 e. The molecule has 3 N–H and O–H groups in total. The van der Waals surface area contributed by atoms with Crippen LogP contribution in [0.1, 0.15) is 11.1 Å². The number of H-pyrrole nitrogens is 1. The van der Waals surface area contributed by atoms with Crippen molar-refractivity contribution in [2.45, 2.75) is 18.0 Å². The zero-order valence-electron chi connectivity index (χ0n) is 16.3. The molecule has 7 nitrogen and oxygen atoms in total. The van der Waals surface area contributed by atoms with E-state index in [0.29, 0.717) is 22.6 Å². The molecule has 0 fully saturated rings. The number of anilines is 4. The number of hydrogen-bond acceptors (Lipinski definition) is 7. The number of oxazole rings is 1. The number of fused-ring (bicyclic) bond motifs is 1. The highest BCUT2D eigenvalue weighted by atomic mass is 32.2. The van der Waals surface area contributed by atoms with Crippen LogP contribution >= 0.6 is 11.8 Å². The van der Waals surface area contributed by atoms with Crippen molar-refractivity contribution in [3.05, 3.63) is 64.3 Å². The first-order valence-corrected chi connectivity index (χ1v) is 10.2. The third kappa shape index (κ3) is 4.50. The minimum Gasteiger partial charge on any atom is -0.408 e. The van der Waals surface area contributed by atoms with Gasteiger partial charge in [-0.1, -0.05) is 0 Å². The quantitative estimate of drug-likeness (QED) is 0.350. The van der Waals surface area contributed by atoms with E-state index >= 15 is 0 Å². The van der Waals surface area contributed by atoms with Crippen LogP contribution in [0.5, 0.6) is 0 Å². The van der Waals surface area contributed by atoms with Gasteiger partial charge in [0.15, 0.2) is 5.58 Å². The highest BCUT2D eigenvalue weighted by Gasteiger charge is 2.33. The Morgan fingerprint density at radius 1 is 1.10 bits per heavy atom. The summed E-state index contributed by atoms with van der Waals surface area (Å²) in [5, 5.41) is 5.94. The third-order valence-corrected chi connectivity index (χ3v) is 5.21. The van der Waals surface area contributed by atoms with E-state index in [9.17, 15) is 18.0 Å². The van der Waals surface area contributed by atoms with Gasteiger partial charge in [0.05, 0.1) is 11.1 Å². The van der Waals surface area contributed by atoms with Crippen molar-refractivity contribution in [2.24, 2.45) is 0 Å². The minimum atomic E-state index is -4.47. The molecule has 2 heterocycles. The van der Waals surface area contributed by atoms with Gasteiger partial charge < -0.3 is 15.1 Å². The number of aryl methyl sites for hydroxylation is 1. The summed E-state index contributed by atoms with van der Waals surface area (Å²) in [7, 11) is 0. The molecule has 0 radical (unpaired) electrons. The van der Waals surface area contributed by atoms with Gasteiger partial charge in [-0.3, -0.25) is 4.98 Å². The fourth-order valence-corrected chi connectivity index (χ4v) is 3.53. The van der Waals surface area contributed by atoms with Gasteiger partial charge in [-0.15, -0.1) is 11.8 Å². The number of nitrogens with zero attached hydrogens (tertiary/aromatic N) is 2. The molecule has 31 heavy (non-hydrogen) atoms. The van der Waals surface area contributed by atoms with Gasteiger partial charge in [0.2, 0.25) is 5.95 Å². The first kappa shape index (κ1) is 20.8. The lowest BCUT2D eigenvalue weighted by atomic mass is 10.2. The summed E-state index contributed by atoms with van der Waals surface area (Å²) in [6.45, 7) is 1.79. The van der Waals surface area contributed by atoms with Crippen LogP contribution in [0, 0.1) is 6.92 Å². The molecule has 2 aromatic heterocycles. The molecule has 0 aliphatic heterocycles. The minimum absolute atomic E-state index is 0.135. The number of aromatic nitrogens is 3. The molecule has 2 aromatic carbocycles. The number of halogens is 3. The zero-order valence-corrected chi connectivity index (χ0v) is 17.1. The number of rotatable bonds is 5. The second kappa shape index (κ2) is 7.99. The lowest BCUT2D eigenvalue weighted by molar-refractivity contribution is -0.139. The standard InChI is InChI=1S/C20H16F3N5O2S/c1-10-9-24-18(26-11-4-6-16(31-2)13(7-11)20(21,22)23)28-17(10)25-12-3-5-15-14(8-12)27-19(29)30-15/h3-9H,1-2H3,(H,27,29)(H2,24,25,26,28). The van der Waals surface area contributed by atoms with E-state index in [0.717, 1.165) is 23.4 Å². The highest BCUT2D eigenvalue weighted by Crippen LogP contribution is 2.38. The van der Waals surface area contributed by atoms with E-state index in [1.807, 2.05) is 0 Å². The molecule has 11 heteroatoms. The Morgan fingerprint density at radius 3 is 2.58 bits per heavy atom. The van der Waals surface area contributed by atoms with Crippen molar-refractivity contribution in [2.75, 3.05) is 16.9 Å². The van der Waals surface area contributed by atoms with Gasteiger partial charge in [-0.05, 0) is 49.6 Å². The number of aromatic amines is 1. The van der Waals surface area contributed by atoms with Crippen molar-refractivity contribution in [1.82, 2.24) is 15.0 Å². The molecular formula is C20H16F3N5O2S. The monoisotopic (exact) mass is 447 g/mol. The van der Waals surface area contributed by atoms with Crippen molar-refractivity contribution >= 4 is 46.0 Å². The number of alkyl halides is 3. The zero-order chi connectivity index (χ0) is 22.2. The van der Waals surface area contributed by atoms with Crippen molar-refractivity contribution in [3.63, 3.8) is 0 Å². The molecule has 0 unspecified atom stereocenters. The lowest BCUT2D eigenvalue weighted by Crippen LogP contribution is -2.08. The average molecular weight is 447 g/mol. The van der Waals surface area contributed by atoms with E-state index in [1.54, 1.807) is 43.6 Å². The van der Waals surface area contributed by atoms with E-state index in [1.165, 1.54) is 6.07 Å². The molecule has 0 aliphatic carbocycles. The van der Waals surface area contributed by atoms with Crippen LogP contribution in [-0.4, -0.2) is 21.2 Å². The number of nitrogens with one attached hydrogen (secondary N) is 3. The van der Waals surface area contributed by atoms with Crippen LogP contribution in [0.2, 0.25) is 0 Å². The van der Waals surface area contributed by atoms with Crippen LogP contribution in [0.25, 0.3) is 11.1 Å². The van der Waals surface area contributed by atoms with Crippen LogP contribution in [0.3, 0.4) is 0 Å². The Bertz CT molecular complexity index is 1320. The maximum absolute atomic E-state index is 13.3. The third-order valence-electron chi connectivity index (χ3n) is 4.41. The van der Waals surface area contributed by atoms with Gasteiger partial charge in [-0.2, -0.15) is 18.2 Å². The summed E-state index contributed by atoms with van der Waals surface area (Å²) in [5.74, 6) is 0.0398. The number of thioether (sulfide) groups is 1. The molecule has 0 bridgehead atoms. The fourth-order valence-electron chi connectivity index (χ4n) is 2.93. The SMILES string of the molecule is CSc1ccc(Nc2ncc(C)c(Nc3ccc4oc(=O)[nH]c4c3)n2)cc1C(F)(F)F. The van der Waals surface area contributed by atoms with Gasteiger partial charge in [0.1, 0.15) is 5.82 Å². The van der Waals surface area contributed by atoms with E-state index in [2.05, 4.69) is 25.6 Å². The molecule has 0 atom stereocenters. The average Bonchev–Trinajstić information content (AvgIpc) is 3.09. The first-order chi connectivity index (χ1) is 14.7. The van der Waals surface area contributed by atoms with Crippen molar-refractivity contribution in [3.8, 4) is 0 Å². The Kier molecular flexibility index (Phi) is 5.36. The van der Waals surface area contributed by atoms with E-state index in [4.69, 9.17) is 4.42 Å². The van der Waals surface area contributed by atoms with Gasteiger partial charge >= 0.3 is 11.9 Å². The molecule has 0 amide bonds. The molecule has 0 spiro atoms. The summed E-state index contributed by atoms with van der Waals surface area (Å²) in [6, 6.07) is 9.02. The summed E-state index contributed by atoms with van der Waals surface area (Å²) < 4.78 is 44.9.